The maximum absolute atomic E-state index is 12.0. The van der Waals surface area contributed by atoms with E-state index in [1.807, 2.05) is 31.2 Å². The largest absolute Gasteiger partial charge is 0.348 e. The van der Waals surface area contributed by atoms with Crippen molar-refractivity contribution in [2.75, 3.05) is 0 Å². The van der Waals surface area contributed by atoms with Crippen molar-refractivity contribution < 1.29 is 4.79 Å². The molecule has 4 nitrogen and oxygen atoms in total. The lowest BCUT2D eigenvalue weighted by atomic mass is 10.1. The number of pyridine rings is 2. The minimum atomic E-state index is -0.0977. The van der Waals surface area contributed by atoms with Crippen LogP contribution in [0.3, 0.4) is 0 Å². The highest BCUT2D eigenvalue weighted by Gasteiger charge is 2.05. The van der Waals surface area contributed by atoms with E-state index in [1.165, 1.54) is 0 Å². The summed E-state index contributed by atoms with van der Waals surface area (Å²) in [4.78, 5) is 20.3. The fourth-order valence-electron chi connectivity index (χ4n) is 2.17. The van der Waals surface area contributed by atoms with Crippen LogP contribution >= 0.6 is 0 Å². The van der Waals surface area contributed by atoms with Crippen LogP contribution in [0.25, 0.3) is 10.9 Å². The molecular formula is C17H15N3O. The van der Waals surface area contributed by atoms with Gasteiger partial charge in [-0.05, 0) is 42.8 Å². The third-order valence-electron chi connectivity index (χ3n) is 3.29. The van der Waals surface area contributed by atoms with Gasteiger partial charge < -0.3 is 5.32 Å². The zero-order valence-electron chi connectivity index (χ0n) is 11.7. The minimum Gasteiger partial charge on any atom is -0.348 e. The number of rotatable bonds is 3. The van der Waals surface area contributed by atoms with Gasteiger partial charge in [0, 0.05) is 35.6 Å². The van der Waals surface area contributed by atoms with Gasteiger partial charge in [0.25, 0.3) is 5.91 Å². The first-order valence-electron chi connectivity index (χ1n) is 6.77. The number of nitrogens with zero attached hydrogens (tertiary/aromatic N) is 2. The summed E-state index contributed by atoms with van der Waals surface area (Å²) in [6, 6.07) is 13.4. The summed E-state index contributed by atoms with van der Waals surface area (Å²) < 4.78 is 0. The number of amides is 1. The van der Waals surface area contributed by atoms with E-state index < -0.39 is 0 Å². The molecule has 3 aromatic rings. The van der Waals surface area contributed by atoms with Crippen LogP contribution < -0.4 is 5.32 Å². The summed E-state index contributed by atoms with van der Waals surface area (Å²) >= 11 is 0. The van der Waals surface area contributed by atoms with E-state index in [0.717, 1.165) is 22.2 Å². The maximum Gasteiger partial charge on any atom is 0.251 e. The topological polar surface area (TPSA) is 54.9 Å². The quantitative estimate of drug-likeness (QED) is 0.801. The Labute approximate surface area is 122 Å². The lowest BCUT2D eigenvalue weighted by molar-refractivity contribution is 0.0951. The van der Waals surface area contributed by atoms with Crippen LogP contribution in [0.1, 0.15) is 21.6 Å². The summed E-state index contributed by atoms with van der Waals surface area (Å²) in [5.41, 5.74) is 3.64. The van der Waals surface area contributed by atoms with Gasteiger partial charge in [-0.1, -0.05) is 12.1 Å². The van der Waals surface area contributed by atoms with E-state index in [2.05, 4.69) is 21.4 Å². The summed E-state index contributed by atoms with van der Waals surface area (Å²) in [7, 11) is 0. The highest BCUT2D eigenvalue weighted by atomic mass is 16.1. The Hall–Kier alpha value is -2.75. The average molecular weight is 277 g/mol. The number of fused-ring (bicyclic) bond motifs is 1. The van der Waals surface area contributed by atoms with Crippen LogP contribution in [0.2, 0.25) is 0 Å². The summed E-state index contributed by atoms with van der Waals surface area (Å²) in [6.07, 6.45) is 3.22. The number of nitrogens with one attached hydrogen (secondary N) is 1. The monoisotopic (exact) mass is 277 g/mol. The molecule has 1 N–H and O–H groups in total. The first-order chi connectivity index (χ1) is 10.2. The van der Waals surface area contributed by atoms with Crippen LogP contribution in [0.15, 0.2) is 54.9 Å². The highest BCUT2D eigenvalue weighted by molar-refractivity contribution is 5.94. The molecule has 0 saturated carbocycles. The van der Waals surface area contributed by atoms with E-state index in [4.69, 9.17) is 0 Å². The Bertz CT molecular complexity index is 784. The molecule has 21 heavy (non-hydrogen) atoms. The molecule has 1 aromatic carbocycles. The van der Waals surface area contributed by atoms with Gasteiger partial charge in [0.2, 0.25) is 0 Å². The van der Waals surface area contributed by atoms with Crippen LogP contribution in [0.5, 0.6) is 0 Å². The smallest absolute Gasteiger partial charge is 0.251 e. The molecule has 0 bridgehead atoms. The van der Waals surface area contributed by atoms with E-state index in [9.17, 15) is 4.79 Å². The third kappa shape index (κ3) is 3.05. The van der Waals surface area contributed by atoms with Gasteiger partial charge in [-0.3, -0.25) is 14.8 Å². The van der Waals surface area contributed by atoms with Crippen molar-refractivity contribution in [3.05, 3.63) is 71.7 Å². The van der Waals surface area contributed by atoms with Crippen molar-refractivity contribution >= 4 is 16.8 Å². The fraction of sp³-hybridized carbons (Fsp3) is 0.118. The van der Waals surface area contributed by atoms with Crippen molar-refractivity contribution in [1.82, 2.24) is 15.3 Å². The van der Waals surface area contributed by atoms with Gasteiger partial charge in [-0.25, -0.2) is 0 Å². The van der Waals surface area contributed by atoms with E-state index >= 15 is 0 Å². The van der Waals surface area contributed by atoms with E-state index in [-0.39, 0.29) is 5.91 Å². The minimum absolute atomic E-state index is 0.0977. The number of hydrogen-bond donors (Lipinski definition) is 1. The van der Waals surface area contributed by atoms with E-state index in [1.54, 1.807) is 24.5 Å². The first-order valence-corrected chi connectivity index (χ1v) is 6.77. The molecule has 0 unspecified atom stereocenters. The Morgan fingerprint density at radius 3 is 2.71 bits per heavy atom. The molecule has 0 aliphatic heterocycles. The lowest BCUT2D eigenvalue weighted by Gasteiger charge is -2.06. The average Bonchev–Trinajstić information content (AvgIpc) is 2.53. The van der Waals surface area contributed by atoms with Gasteiger partial charge in [0.05, 0.1) is 5.52 Å². The summed E-state index contributed by atoms with van der Waals surface area (Å²) in [5.74, 6) is -0.0977. The molecule has 104 valence electrons. The molecule has 0 atom stereocenters. The number of carbonyl (C=O) groups is 1. The van der Waals surface area contributed by atoms with Crippen LogP contribution in [0, 0.1) is 6.92 Å². The van der Waals surface area contributed by atoms with Crippen molar-refractivity contribution in [3.63, 3.8) is 0 Å². The second kappa shape index (κ2) is 5.71. The van der Waals surface area contributed by atoms with Crippen molar-refractivity contribution in [2.24, 2.45) is 0 Å². The predicted molar refractivity (Wildman–Crippen MR) is 81.9 cm³/mol. The molecule has 0 radical (unpaired) electrons. The first kappa shape index (κ1) is 13.2. The van der Waals surface area contributed by atoms with Crippen LogP contribution in [-0.2, 0) is 6.54 Å². The van der Waals surface area contributed by atoms with Gasteiger partial charge in [-0.15, -0.1) is 0 Å². The molecule has 0 fully saturated rings. The Balaban J connectivity index is 1.73. The number of aromatic nitrogens is 2. The number of carbonyl (C=O) groups excluding carboxylic acids is 1. The molecule has 3 rings (SSSR count). The van der Waals surface area contributed by atoms with Crippen molar-refractivity contribution in [2.45, 2.75) is 13.5 Å². The molecule has 2 heterocycles. The molecule has 0 aliphatic carbocycles. The molecular weight excluding hydrogens is 262 g/mol. The Morgan fingerprint density at radius 2 is 1.90 bits per heavy atom. The predicted octanol–water partition coefficient (Wildman–Crippen LogP) is 2.87. The SMILES string of the molecule is Cc1ccc2cc(CNC(=O)c3ccncc3)ccc2n1. The fourth-order valence-corrected chi connectivity index (χ4v) is 2.17. The normalized spacial score (nSPS) is 10.5. The van der Waals surface area contributed by atoms with Gasteiger partial charge in [-0.2, -0.15) is 0 Å². The number of benzene rings is 1. The molecule has 0 saturated heterocycles. The van der Waals surface area contributed by atoms with Crippen molar-refractivity contribution in [1.29, 1.82) is 0 Å². The summed E-state index contributed by atoms with van der Waals surface area (Å²) in [6.45, 7) is 2.47. The summed E-state index contributed by atoms with van der Waals surface area (Å²) in [5, 5.41) is 3.98. The molecule has 0 aliphatic rings. The van der Waals surface area contributed by atoms with Crippen molar-refractivity contribution in [3.8, 4) is 0 Å². The molecule has 1 amide bonds. The maximum atomic E-state index is 12.0. The zero-order valence-corrected chi connectivity index (χ0v) is 11.7. The highest BCUT2D eigenvalue weighted by Crippen LogP contribution is 2.14. The zero-order chi connectivity index (χ0) is 14.7. The van der Waals surface area contributed by atoms with Gasteiger partial charge in [0.15, 0.2) is 0 Å². The second-order valence-corrected chi connectivity index (χ2v) is 4.90. The molecule has 2 aromatic heterocycles. The Kier molecular flexibility index (Phi) is 3.60. The second-order valence-electron chi connectivity index (χ2n) is 4.90. The molecule has 0 spiro atoms. The molecule has 4 heteroatoms. The Morgan fingerprint density at radius 1 is 1.10 bits per heavy atom. The number of hydrogen-bond acceptors (Lipinski definition) is 3. The van der Waals surface area contributed by atoms with Gasteiger partial charge >= 0.3 is 0 Å². The van der Waals surface area contributed by atoms with Crippen LogP contribution in [-0.4, -0.2) is 15.9 Å². The number of aryl methyl sites for hydroxylation is 1. The lowest BCUT2D eigenvalue weighted by Crippen LogP contribution is -2.22. The standard InChI is InChI=1S/C17H15N3O/c1-12-2-4-15-10-13(3-5-16(15)20-12)11-19-17(21)14-6-8-18-9-7-14/h2-10H,11H2,1H3,(H,19,21). The van der Waals surface area contributed by atoms with Crippen LogP contribution in [0.4, 0.5) is 0 Å². The third-order valence-corrected chi connectivity index (χ3v) is 3.29. The van der Waals surface area contributed by atoms with Gasteiger partial charge in [0.1, 0.15) is 0 Å². The van der Waals surface area contributed by atoms with E-state index in [0.29, 0.717) is 12.1 Å².